The van der Waals surface area contributed by atoms with Crippen molar-refractivity contribution in [3.8, 4) is 0 Å². The number of benzene rings is 2. The standard InChI is InChI=1S/C14H12N2S/c15-14-8-16-13(9-17-14)12-6-5-10-3-1-2-4-11(10)7-12/h1-9,14H,15H2. The maximum atomic E-state index is 5.73. The Labute approximate surface area is 104 Å². The van der Waals surface area contributed by atoms with Gasteiger partial charge in [-0.1, -0.05) is 36.4 Å². The Bertz CT molecular complexity index is 616. The minimum atomic E-state index is -0.0146. The highest BCUT2D eigenvalue weighted by Crippen LogP contribution is 2.27. The second kappa shape index (κ2) is 4.35. The van der Waals surface area contributed by atoms with Gasteiger partial charge in [0.1, 0.15) is 0 Å². The van der Waals surface area contributed by atoms with Gasteiger partial charge in [0, 0.05) is 11.8 Å². The minimum absolute atomic E-state index is 0.0146. The monoisotopic (exact) mass is 240 g/mol. The van der Waals surface area contributed by atoms with Crippen LogP contribution in [0.5, 0.6) is 0 Å². The van der Waals surface area contributed by atoms with Gasteiger partial charge in [0.15, 0.2) is 0 Å². The van der Waals surface area contributed by atoms with E-state index in [4.69, 9.17) is 5.73 Å². The van der Waals surface area contributed by atoms with Crippen LogP contribution in [-0.4, -0.2) is 11.6 Å². The molecule has 0 radical (unpaired) electrons. The van der Waals surface area contributed by atoms with Crippen molar-refractivity contribution >= 4 is 34.4 Å². The predicted octanol–water partition coefficient (Wildman–Crippen LogP) is 3.24. The summed E-state index contributed by atoms with van der Waals surface area (Å²) in [6, 6.07) is 14.7. The van der Waals surface area contributed by atoms with Gasteiger partial charge >= 0.3 is 0 Å². The predicted molar refractivity (Wildman–Crippen MR) is 76.0 cm³/mol. The Balaban J connectivity index is 2.04. The summed E-state index contributed by atoms with van der Waals surface area (Å²) in [5, 5.41) is 4.50. The molecule has 2 N–H and O–H groups in total. The van der Waals surface area contributed by atoms with Crippen LogP contribution in [0.25, 0.3) is 16.5 Å². The highest BCUT2D eigenvalue weighted by molar-refractivity contribution is 8.03. The fraction of sp³-hybridized carbons (Fsp3) is 0.0714. The Hall–Kier alpha value is -1.58. The second-order valence-corrected chi connectivity index (χ2v) is 5.00. The van der Waals surface area contributed by atoms with E-state index in [-0.39, 0.29) is 5.37 Å². The summed E-state index contributed by atoms with van der Waals surface area (Å²) in [7, 11) is 0. The zero-order valence-corrected chi connectivity index (χ0v) is 10.0. The molecule has 1 aliphatic heterocycles. The van der Waals surface area contributed by atoms with Crippen molar-refractivity contribution in [3.63, 3.8) is 0 Å². The van der Waals surface area contributed by atoms with E-state index in [0.29, 0.717) is 0 Å². The SMILES string of the molecule is NC1C=NC(c2ccc3ccccc3c2)=CS1. The molecule has 0 amide bonds. The normalized spacial score (nSPS) is 19.4. The highest BCUT2D eigenvalue weighted by Gasteiger charge is 2.07. The quantitative estimate of drug-likeness (QED) is 0.831. The number of thioether (sulfide) groups is 1. The van der Waals surface area contributed by atoms with Crippen molar-refractivity contribution in [1.29, 1.82) is 0 Å². The molecule has 1 aliphatic rings. The van der Waals surface area contributed by atoms with E-state index in [1.54, 1.807) is 18.0 Å². The average molecular weight is 240 g/mol. The number of hydrogen-bond acceptors (Lipinski definition) is 3. The third-order valence-electron chi connectivity index (χ3n) is 2.74. The van der Waals surface area contributed by atoms with Crippen LogP contribution >= 0.6 is 11.8 Å². The van der Waals surface area contributed by atoms with Crippen LogP contribution in [0.4, 0.5) is 0 Å². The molecule has 0 bridgehead atoms. The lowest BCUT2D eigenvalue weighted by molar-refractivity contribution is 1.24. The molecule has 2 nitrogen and oxygen atoms in total. The summed E-state index contributed by atoms with van der Waals surface area (Å²) >= 11 is 1.59. The van der Waals surface area contributed by atoms with Gasteiger partial charge < -0.3 is 5.73 Å². The maximum absolute atomic E-state index is 5.73. The molecule has 2 aromatic carbocycles. The van der Waals surface area contributed by atoms with Crippen molar-refractivity contribution < 1.29 is 0 Å². The Morgan fingerprint density at radius 1 is 1.06 bits per heavy atom. The van der Waals surface area contributed by atoms with Crippen LogP contribution < -0.4 is 5.73 Å². The molecular formula is C14H12N2S. The fourth-order valence-electron chi connectivity index (χ4n) is 1.85. The van der Waals surface area contributed by atoms with E-state index in [0.717, 1.165) is 11.3 Å². The first-order valence-electron chi connectivity index (χ1n) is 5.47. The second-order valence-electron chi connectivity index (χ2n) is 3.94. The molecule has 0 saturated carbocycles. The maximum Gasteiger partial charge on any atom is 0.0909 e. The lowest BCUT2D eigenvalue weighted by Crippen LogP contribution is -2.17. The van der Waals surface area contributed by atoms with Gasteiger partial charge in [-0.2, -0.15) is 0 Å². The first-order valence-corrected chi connectivity index (χ1v) is 6.42. The number of hydrogen-bond donors (Lipinski definition) is 1. The summed E-state index contributed by atoms with van der Waals surface area (Å²) in [5.41, 5.74) is 7.86. The van der Waals surface area contributed by atoms with Gasteiger partial charge in [-0.3, -0.25) is 4.99 Å². The molecule has 1 atom stereocenters. The Kier molecular flexibility index (Phi) is 2.71. The van der Waals surface area contributed by atoms with Crippen LogP contribution in [0.2, 0.25) is 0 Å². The van der Waals surface area contributed by atoms with Crippen LogP contribution in [-0.2, 0) is 0 Å². The van der Waals surface area contributed by atoms with Crippen LogP contribution in [0, 0.1) is 0 Å². The number of aliphatic imine (C=N–C) groups is 1. The molecule has 0 aromatic heterocycles. The molecule has 17 heavy (non-hydrogen) atoms. The minimum Gasteiger partial charge on any atom is -0.315 e. The summed E-state index contributed by atoms with van der Waals surface area (Å²) in [4.78, 5) is 4.38. The summed E-state index contributed by atoms with van der Waals surface area (Å²) in [6.45, 7) is 0. The number of nitrogens with zero attached hydrogens (tertiary/aromatic N) is 1. The third-order valence-corrected chi connectivity index (χ3v) is 3.54. The van der Waals surface area contributed by atoms with Gasteiger partial charge in [0.2, 0.25) is 0 Å². The smallest absolute Gasteiger partial charge is 0.0909 e. The van der Waals surface area contributed by atoms with Gasteiger partial charge in [0.25, 0.3) is 0 Å². The van der Waals surface area contributed by atoms with E-state index in [1.807, 2.05) is 5.41 Å². The zero-order valence-electron chi connectivity index (χ0n) is 9.21. The highest BCUT2D eigenvalue weighted by atomic mass is 32.2. The number of fused-ring (bicyclic) bond motifs is 1. The van der Waals surface area contributed by atoms with Crippen molar-refractivity contribution in [1.82, 2.24) is 0 Å². The van der Waals surface area contributed by atoms with Crippen molar-refractivity contribution in [3.05, 3.63) is 53.4 Å². The fourth-order valence-corrected chi connectivity index (χ4v) is 2.47. The first-order chi connectivity index (χ1) is 8.33. The summed E-state index contributed by atoms with van der Waals surface area (Å²) in [5.74, 6) is 0. The lowest BCUT2D eigenvalue weighted by atomic mass is 10.1. The molecule has 3 heteroatoms. The number of nitrogens with two attached hydrogens (primary N) is 1. The van der Waals surface area contributed by atoms with Crippen LogP contribution in [0.3, 0.4) is 0 Å². The molecule has 0 fully saturated rings. The molecule has 1 unspecified atom stereocenters. The molecule has 1 heterocycles. The van der Waals surface area contributed by atoms with E-state index in [9.17, 15) is 0 Å². The Morgan fingerprint density at radius 3 is 2.65 bits per heavy atom. The molecule has 0 aliphatic carbocycles. The summed E-state index contributed by atoms with van der Waals surface area (Å²) in [6.07, 6.45) is 1.79. The van der Waals surface area contributed by atoms with Crippen LogP contribution in [0.15, 0.2) is 52.9 Å². The van der Waals surface area contributed by atoms with Crippen LogP contribution in [0.1, 0.15) is 5.56 Å². The topological polar surface area (TPSA) is 38.4 Å². The largest absolute Gasteiger partial charge is 0.315 e. The molecule has 3 rings (SSSR count). The number of rotatable bonds is 1. The first kappa shape index (κ1) is 10.6. The van der Waals surface area contributed by atoms with Gasteiger partial charge in [-0.15, -0.1) is 11.8 Å². The molecule has 0 saturated heterocycles. The lowest BCUT2D eigenvalue weighted by Gasteiger charge is -2.11. The van der Waals surface area contributed by atoms with Gasteiger partial charge in [-0.05, 0) is 22.2 Å². The van der Waals surface area contributed by atoms with Crippen molar-refractivity contribution in [2.45, 2.75) is 5.37 Å². The van der Waals surface area contributed by atoms with E-state index >= 15 is 0 Å². The Morgan fingerprint density at radius 2 is 1.88 bits per heavy atom. The molecule has 0 spiro atoms. The average Bonchev–Trinajstić information content (AvgIpc) is 2.39. The zero-order chi connectivity index (χ0) is 11.7. The van der Waals surface area contributed by atoms with Crippen molar-refractivity contribution in [2.75, 3.05) is 0 Å². The third kappa shape index (κ3) is 2.12. The van der Waals surface area contributed by atoms with Gasteiger partial charge in [0.05, 0.1) is 11.1 Å². The van der Waals surface area contributed by atoms with E-state index in [2.05, 4.69) is 47.5 Å². The van der Waals surface area contributed by atoms with Gasteiger partial charge in [-0.25, -0.2) is 0 Å². The van der Waals surface area contributed by atoms with E-state index in [1.165, 1.54) is 10.8 Å². The summed E-state index contributed by atoms with van der Waals surface area (Å²) < 4.78 is 0. The molecular weight excluding hydrogens is 228 g/mol. The van der Waals surface area contributed by atoms with E-state index < -0.39 is 0 Å². The molecule has 84 valence electrons. The molecule has 2 aromatic rings. The van der Waals surface area contributed by atoms with Crippen molar-refractivity contribution in [2.24, 2.45) is 10.7 Å².